The second-order valence-corrected chi connectivity index (χ2v) is 7.66. The molecule has 148 valence electrons. The van der Waals surface area contributed by atoms with Crippen LogP contribution in [0.5, 0.6) is 5.75 Å². The van der Waals surface area contributed by atoms with E-state index in [0.29, 0.717) is 28.6 Å². The number of hydrogen-bond acceptors (Lipinski definition) is 4. The van der Waals surface area contributed by atoms with Gasteiger partial charge in [0.25, 0.3) is 11.8 Å². The number of ether oxygens (including phenoxy) is 1. The van der Waals surface area contributed by atoms with Crippen LogP contribution in [0.25, 0.3) is 0 Å². The first kappa shape index (κ1) is 19.5. The first-order valence-electron chi connectivity index (χ1n) is 8.93. The standard InChI is InChI=1S/C21H16Cl2N2O4/c1-11-5-8-16(19(26)24-11)25-20(27)13-3-2-4-17(18(13)21(25)28)29-10-12-6-7-14(22)15(23)9-12/h2-4,6-7,9,16H,1,5,8,10H2,(H,24,26). The summed E-state index contributed by atoms with van der Waals surface area (Å²) < 4.78 is 5.81. The minimum atomic E-state index is -0.865. The largest absolute Gasteiger partial charge is 0.488 e. The zero-order valence-corrected chi connectivity index (χ0v) is 16.7. The number of nitrogens with zero attached hydrogens (tertiary/aromatic N) is 1. The summed E-state index contributed by atoms with van der Waals surface area (Å²) in [5, 5.41) is 3.44. The average molecular weight is 431 g/mol. The van der Waals surface area contributed by atoms with Gasteiger partial charge in [-0.2, -0.15) is 0 Å². The van der Waals surface area contributed by atoms with Gasteiger partial charge in [-0.15, -0.1) is 0 Å². The highest BCUT2D eigenvalue weighted by Crippen LogP contribution is 2.34. The van der Waals surface area contributed by atoms with Gasteiger partial charge in [0, 0.05) is 5.70 Å². The summed E-state index contributed by atoms with van der Waals surface area (Å²) in [7, 11) is 0. The molecule has 6 nitrogen and oxygen atoms in total. The summed E-state index contributed by atoms with van der Waals surface area (Å²) in [5.41, 5.74) is 1.72. The van der Waals surface area contributed by atoms with E-state index in [1.165, 1.54) is 0 Å². The number of nitrogens with one attached hydrogen (secondary N) is 1. The van der Waals surface area contributed by atoms with Crippen LogP contribution in [-0.2, 0) is 11.4 Å². The Hall–Kier alpha value is -2.83. The number of piperidine rings is 1. The van der Waals surface area contributed by atoms with Crippen LogP contribution in [0.2, 0.25) is 10.0 Å². The number of amides is 3. The lowest BCUT2D eigenvalue weighted by atomic mass is 10.0. The highest BCUT2D eigenvalue weighted by Gasteiger charge is 2.45. The first-order valence-corrected chi connectivity index (χ1v) is 9.68. The number of allylic oxidation sites excluding steroid dienone is 1. The van der Waals surface area contributed by atoms with Crippen molar-refractivity contribution in [2.45, 2.75) is 25.5 Å². The van der Waals surface area contributed by atoms with E-state index in [1.54, 1.807) is 36.4 Å². The Morgan fingerprint density at radius 2 is 1.90 bits per heavy atom. The molecule has 0 spiro atoms. The van der Waals surface area contributed by atoms with Crippen LogP contribution in [-0.4, -0.2) is 28.7 Å². The molecule has 2 aliphatic heterocycles. The average Bonchev–Trinajstić information content (AvgIpc) is 2.94. The Bertz CT molecular complexity index is 1070. The van der Waals surface area contributed by atoms with Crippen LogP contribution in [0.1, 0.15) is 39.1 Å². The Kier molecular flexibility index (Phi) is 5.06. The number of carbonyl (C=O) groups is 3. The van der Waals surface area contributed by atoms with E-state index < -0.39 is 23.8 Å². The third-order valence-corrected chi connectivity index (χ3v) is 5.66. The molecular formula is C21H16Cl2N2O4. The number of carbonyl (C=O) groups excluding carboxylic acids is 3. The fourth-order valence-corrected chi connectivity index (χ4v) is 3.80. The number of hydrogen-bond donors (Lipinski definition) is 1. The molecule has 2 aromatic carbocycles. The zero-order valence-electron chi connectivity index (χ0n) is 15.2. The van der Waals surface area contributed by atoms with Crippen molar-refractivity contribution in [2.24, 2.45) is 0 Å². The third kappa shape index (κ3) is 3.50. The molecule has 1 N–H and O–H groups in total. The Morgan fingerprint density at radius 3 is 2.62 bits per heavy atom. The Morgan fingerprint density at radius 1 is 1.10 bits per heavy atom. The van der Waals surface area contributed by atoms with Gasteiger partial charge in [-0.1, -0.05) is 41.9 Å². The first-order chi connectivity index (χ1) is 13.9. The molecular weight excluding hydrogens is 415 g/mol. The molecule has 29 heavy (non-hydrogen) atoms. The zero-order chi connectivity index (χ0) is 20.7. The maximum atomic E-state index is 13.0. The predicted octanol–water partition coefficient (Wildman–Crippen LogP) is 3.96. The lowest BCUT2D eigenvalue weighted by Crippen LogP contribution is -2.51. The van der Waals surface area contributed by atoms with E-state index in [-0.39, 0.29) is 23.5 Å². The predicted molar refractivity (Wildman–Crippen MR) is 108 cm³/mol. The number of rotatable bonds is 4. The van der Waals surface area contributed by atoms with Crippen LogP contribution >= 0.6 is 23.2 Å². The fraction of sp³-hybridized carbons (Fsp3) is 0.190. The Balaban J connectivity index is 1.60. The summed E-state index contributed by atoms with van der Waals surface area (Å²) in [4.78, 5) is 39.2. The molecule has 0 radical (unpaired) electrons. The van der Waals surface area contributed by atoms with Crippen molar-refractivity contribution in [3.8, 4) is 5.75 Å². The molecule has 2 aliphatic rings. The SMILES string of the molecule is C=C1CCC(N2C(=O)c3cccc(OCc4ccc(Cl)c(Cl)c4)c3C2=O)C(=O)N1. The van der Waals surface area contributed by atoms with E-state index in [2.05, 4.69) is 11.9 Å². The summed E-state index contributed by atoms with van der Waals surface area (Å²) >= 11 is 11.9. The van der Waals surface area contributed by atoms with Crippen molar-refractivity contribution in [3.63, 3.8) is 0 Å². The summed E-state index contributed by atoms with van der Waals surface area (Å²) in [6.07, 6.45) is 0.847. The van der Waals surface area contributed by atoms with Crippen LogP contribution in [0.4, 0.5) is 0 Å². The molecule has 1 unspecified atom stereocenters. The molecule has 4 rings (SSSR count). The van der Waals surface area contributed by atoms with Crippen molar-refractivity contribution in [3.05, 3.63) is 75.4 Å². The number of fused-ring (bicyclic) bond motifs is 1. The number of imide groups is 1. The molecule has 3 amide bonds. The lowest BCUT2D eigenvalue weighted by Gasteiger charge is -2.29. The highest BCUT2D eigenvalue weighted by molar-refractivity contribution is 6.42. The smallest absolute Gasteiger partial charge is 0.266 e. The van der Waals surface area contributed by atoms with Gasteiger partial charge in [0.1, 0.15) is 18.4 Å². The van der Waals surface area contributed by atoms with Crippen molar-refractivity contribution in [2.75, 3.05) is 0 Å². The normalized spacial score (nSPS) is 18.7. The topological polar surface area (TPSA) is 75.7 Å². The molecule has 0 saturated carbocycles. The van der Waals surface area contributed by atoms with Crippen LogP contribution in [0.3, 0.4) is 0 Å². The Labute approximate surface area is 177 Å². The van der Waals surface area contributed by atoms with Gasteiger partial charge >= 0.3 is 0 Å². The van der Waals surface area contributed by atoms with Gasteiger partial charge in [0.15, 0.2) is 0 Å². The second-order valence-electron chi connectivity index (χ2n) is 6.84. The van der Waals surface area contributed by atoms with E-state index in [1.807, 2.05) is 0 Å². The van der Waals surface area contributed by atoms with E-state index in [0.717, 1.165) is 10.5 Å². The van der Waals surface area contributed by atoms with Gasteiger partial charge in [-0.3, -0.25) is 19.3 Å². The van der Waals surface area contributed by atoms with Crippen LogP contribution < -0.4 is 10.1 Å². The van der Waals surface area contributed by atoms with Crippen LogP contribution in [0.15, 0.2) is 48.7 Å². The minimum absolute atomic E-state index is 0.137. The van der Waals surface area contributed by atoms with E-state index in [4.69, 9.17) is 27.9 Å². The molecule has 0 bridgehead atoms. The third-order valence-electron chi connectivity index (χ3n) is 4.92. The van der Waals surface area contributed by atoms with Gasteiger partial charge in [-0.25, -0.2) is 0 Å². The molecule has 1 fully saturated rings. The van der Waals surface area contributed by atoms with Gasteiger partial charge < -0.3 is 10.1 Å². The van der Waals surface area contributed by atoms with Crippen molar-refractivity contribution in [1.82, 2.24) is 10.2 Å². The molecule has 0 aromatic heterocycles. The molecule has 1 saturated heterocycles. The fourth-order valence-electron chi connectivity index (χ4n) is 3.47. The number of benzene rings is 2. The minimum Gasteiger partial charge on any atom is -0.488 e. The van der Waals surface area contributed by atoms with Gasteiger partial charge in [-0.05, 0) is 42.7 Å². The van der Waals surface area contributed by atoms with E-state index >= 15 is 0 Å². The van der Waals surface area contributed by atoms with Gasteiger partial charge in [0.05, 0.1) is 21.2 Å². The van der Waals surface area contributed by atoms with Crippen molar-refractivity contribution >= 4 is 40.9 Å². The summed E-state index contributed by atoms with van der Waals surface area (Å²) in [6, 6.07) is 9.04. The van der Waals surface area contributed by atoms with Crippen molar-refractivity contribution in [1.29, 1.82) is 0 Å². The quantitative estimate of drug-likeness (QED) is 0.744. The molecule has 2 heterocycles. The number of halogens is 2. The van der Waals surface area contributed by atoms with Crippen LogP contribution in [0, 0.1) is 0 Å². The maximum absolute atomic E-state index is 13.0. The second kappa shape index (κ2) is 7.54. The summed E-state index contributed by atoms with van der Waals surface area (Å²) in [5.74, 6) is -1.18. The molecule has 1 atom stereocenters. The highest BCUT2D eigenvalue weighted by atomic mass is 35.5. The van der Waals surface area contributed by atoms with Gasteiger partial charge in [0.2, 0.25) is 5.91 Å². The summed E-state index contributed by atoms with van der Waals surface area (Å²) in [6.45, 7) is 3.86. The molecule has 0 aliphatic carbocycles. The van der Waals surface area contributed by atoms with E-state index in [9.17, 15) is 14.4 Å². The van der Waals surface area contributed by atoms with Crippen molar-refractivity contribution < 1.29 is 19.1 Å². The lowest BCUT2D eigenvalue weighted by molar-refractivity contribution is -0.125. The maximum Gasteiger partial charge on any atom is 0.266 e. The monoisotopic (exact) mass is 430 g/mol. The molecule has 2 aromatic rings. The molecule has 8 heteroatoms.